The first-order chi connectivity index (χ1) is 19.2. The molecule has 0 radical (unpaired) electrons. The molecule has 2 atom stereocenters. The summed E-state index contributed by atoms with van der Waals surface area (Å²) in [6, 6.07) is 13.2. The second-order valence-electron chi connectivity index (χ2n) is 9.96. The molecule has 2 unspecified atom stereocenters. The summed E-state index contributed by atoms with van der Waals surface area (Å²) in [5, 5.41) is 18.2. The van der Waals surface area contributed by atoms with Gasteiger partial charge >= 0.3 is 11.9 Å². The number of benzene rings is 2. The molecule has 2 rings (SSSR count). The Morgan fingerprint density at radius 3 is 1.88 bits per heavy atom. The van der Waals surface area contributed by atoms with Crippen LogP contribution >= 0.6 is 0 Å². The lowest BCUT2D eigenvalue weighted by molar-refractivity contribution is -0.152. The molecule has 0 aliphatic heterocycles. The molecule has 0 aliphatic rings. The Morgan fingerprint density at radius 1 is 0.850 bits per heavy atom. The van der Waals surface area contributed by atoms with Crippen LogP contribution in [0.4, 0.5) is 8.78 Å². The van der Waals surface area contributed by atoms with Gasteiger partial charge in [0.1, 0.15) is 0 Å². The van der Waals surface area contributed by atoms with Gasteiger partial charge in [-0.25, -0.2) is 13.6 Å². The summed E-state index contributed by atoms with van der Waals surface area (Å²) in [6.45, 7) is 6.09. The van der Waals surface area contributed by atoms with Crippen molar-refractivity contribution in [2.75, 3.05) is 26.4 Å². The van der Waals surface area contributed by atoms with Crippen LogP contribution in [-0.4, -0.2) is 48.6 Å². The normalized spacial score (nSPS) is 13.2. The molecule has 218 valence electrons. The number of hydrogen-bond donors (Lipinski definition) is 2. The number of halogens is 2. The number of unbranched alkanes of at least 4 members (excludes halogenated alkanes) is 2. The van der Waals surface area contributed by atoms with Gasteiger partial charge in [0.25, 0.3) is 0 Å². The van der Waals surface area contributed by atoms with Crippen LogP contribution in [-0.2, 0) is 31.9 Å². The Bertz CT molecular complexity index is 1130. The highest BCUT2D eigenvalue weighted by Crippen LogP contribution is 2.29. The zero-order chi connectivity index (χ0) is 29.5. The zero-order valence-corrected chi connectivity index (χ0v) is 23.3. The van der Waals surface area contributed by atoms with Gasteiger partial charge in [-0.15, -0.1) is 0 Å². The Hall–Kier alpha value is -3.36. The van der Waals surface area contributed by atoms with E-state index in [1.54, 1.807) is 24.3 Å². The standard InChI is InChI=1S/C32H40F2O6/c1-4-5-6-7-24-10-14-27(15-11-24)29(33)30(34)28-16-12-25(13-17-28)8-9-26(20-39-31(37)22(2)18-35)21-40-32(38)23(3)19-36/h10-17,23,26,35-36H,2,4-9,18-21H2,1,3H3/b30-29+. The van der Waals surface area contributed by atoms with Crippen molar-refractivity contribution in [1.82, 2.24) is 0 Å². The van der Waals surface area contributed by atoms with Crippen LogP contribution < -0.4 is 0 Å². The average Bonchev–Trinajstić information content (AvgIpc) is 2.99. The molecule has 0 bridgehead atoms. The van der Waals surface area contributed by atoms with E-state index in [9.17, 15) is 18.4 Å². The van der Waals surface area contributed by atoms with Gasteiger partial charge in [0.05, 0.1) is 37.9 Å². The van der Waals surface area contributed by atoms with Gasteiger partial charge in [-0.3, -0.25) is 4.79 Å². The average molecular weight is 559 g/mol. The van der Waals surface area contributed by atoms with Crippen LogP contribution in [0.5, 0.6) is 0 Å². The smallest absolute Gasteiger partial charge is 0.335 e. The maximum atomic E-state index is 14.9. The first kappa shape index (κ1) is 32.8. The number of aryl methyl sites for hydroxylation is 2. The fraction of sp³-hybridized carbons (Fsp3) is 0.438. The second kappa shape index (κ2) is 17.4. The molecular weight excluding hydrogens is 518 g/mol. The summed E-state index contributed by atoms with van der Waals surface area (Å²) in [5.74, 6) is -4.23. The van der Waals surface area contributed by atoms with E-state index in [4.69, 9.17) is 19.7 Å². The first-order valence-electron chi connectivity index (χ1n) is 13.7. The third-order valence-electron chi connectivity index (χ3n) is 6.58. The molecule has 0 aromatic heterocycles. The highest BCUT2D eigenvalue weighted by molar-refractivity contribution is 5.87. The fourth-order valence-corrected chi connectivity index (χ4v) is 3.83. The predicted octanol–water partition coefficient (Wildman–Crippen LogP) is 6.00. The molecule has 0 spiro atoms. The molecule has 6 nitrogen and oxygen atoms in total. The van der Waals surface area contributed by atoms with Gasteiger partial charge in [0, 0.05) is 17.0 Å². The van der Waals surface area contributed by atoms with Crippen LogP contribution in [0.3, 0.4) is 0 Å². The minimum Gasteiger partial charge on any atom is -0.465 e. The van der Waals surface area contributed by atoms with Gasteiger partial charge in [0.2, 0.25) is 0 Å². The van der Waals surface area contributed by atoms with Gasteiger partial charge < -0.3 is 19.7 Å². The zero-order valence-electron chi connectivity index (χ0n) is 23.3. The summed E-state index contributed by atoms with van der Waals surface area (Å²) in [4.78, 5) is 23.8. The minimum atomic E-state index is -0.941. The minimum absolute atomic E-state index is 0.0416. The molecule has 0 saturated heterocycles. The van der Waals surface area contributed by atoms with Crippen molar-refractivity contribution >= 4 is 23.6 Å². The maximum absolute atomic E-state index is 14.9. The van der Waals surface area contributed by atoms with Crippen molar-refractivity contribution in [3.05, 3.63) is 82.9 Å². The lowest BCUT2D eigenvalue weighted by Gasteiger charge is -2.18. The Morgan fingerprint density at radius 2 is 1.38 bits per heavy atom. The summed E-state index contributed by atoms with van der Waals surface area (Å²) in [5.41, 5.74) is 2.14. The lowest BCUT2D eigenvalue weighted by atomic mass is 9.99. The summed E-state index contributed by atoms with van der Waals surface area (Å²) in [7, 11) is 0. The Labute approximate surface area is 235 Å². The van der Waals surface area contributed by atoms with Crippen molar-refractivity contribution in [2.45, 2.75) is 52.4 Å². The van der Waals surface area contributed by atoms with E-state index in [0.29, 0.717) is 12.8 Å². The van der Waals surface area contributed by atoms with E-state index in [-0.39, 0.29) is 42.4 Å². The highest BCUT2D eigenvalue weighted by atomic mass is 19.2. The Balaban J connectivity index is 2.03. The maximum Gasteiger partial charge on any atom is 0.335 e. The number of ether oxygens (including phenoxy) is 2. The van der Waals surface area contributed by atoms with E-state index >= 15 is 0 Å². The third kappa shape index (κ3) is 10.7. The third-order valence-corrected chi connectivity index (χ3v) is 6.58. The molecule has 8 heteroatoms. The summed E-state index contributed by atoms with van der Waals surface area (Å²) in [6.07, 6.45) is 5.17. The molecule has 2 aromatic rings. The molecule has 0 saturated carbocycles. The molecule has 0 aliphatic carbocycles. The molecule has 0 amide bonds. The van der Waals surface area contributed by atoms with E-state index in [0.717, 1.165) is 36.8 Å². The van der Waals surface area contributed by atoms with Gasteiger partial charge in [0.15, 0.2) is 11.7 Å². The highest BCUT2D eigenvalue weighted by Gasteiger charge is 2.19. The molecule has 0 fully saturated rings. The van der Waals surface area contributed by atoms with Crippen molar-refractivity contribution in [2.24, 2.45) is 11.8 Å². The van der Waals surface area contributed by atoms with Crippen LogP contribution in [0, 0.1) is 11.8 Å². The summed E-state index contributed by atoms with van der Waals surface area (Å²) < 4.78 is 40.2. The number of hydrogen-bond acceptors (Lipinski definition) is 6. The monoisotopic (exact) mass is 558 g/mol. The SMILES string of the molecule is C=C(CO)C(=O)OCC(CCc1ccc(/C(F)=C(\F)c2ccc(CCCCC)cc2)cc1)COC(=O)C(C)CO. The molecule has 2 N–H and O–H groups in total. The summed E-state index contributed by atoms with van der Waals surface area (Å²) >= 11 is 0. The topological polar surface area (TPSA) is 93.1 Å². The van der Waals surface area contributed by atoms with Gasteiger partial charge in [-0.1, -0.05) is 74.9 Å². The number of carbonyl (C=O) groups is 2. The van der Waals surface area contributed by atoms with E-state index in [1.165, 1.54) is 19.1 Å². The van der Waals surface area contributed by atoms with E-state index in [1.807, 2.05) is 12.1 Å². The van der Waals surface area contributed by atoms with Crippen LogP contribution in [0.15, 0.2) is 60.7 Å². The van der Waals surface area contributed by atoms with Gasteiger partial charge in [-0.2, -0.15) is 0 Å². The van der Waals surface area contributed by atoms with Gasteiger partial charge in [-0.05, 0) is 43.7 Å². The number of aliphatic hydroxyl groups excluding tert-OH is 2. The molecule has 40 heavy (non-hydrogen) atoms. The number of carbonyl (C=O) groups excluding carboxylic acids is 2. The predicted molar refractivity (Wildman–Crippen MR) is 151 cm³/mol. The number of aliphatic hydroxyl groups is 2. The second-order valence-corrected chi connectivity index (χ2v) is 9.96. The number of esters is 2. The van der Waals surface area contributed by atoms with Crippen LogP contribution in [0.2, 0.25) is 0 Å². The van der Waals surface area contributed by atoms with Crippen molar-refractivity contribution in [3.8, 4) is 0 Å². The fourth-order valence-electron chi connectivity index (χ4n) is 3.83. The first-order valence-corrected chi connectivity index (χ1v) is 13.7. The van der Waals surface area contributed by atoms with E-state index < -0.39 is 36.1 Å². The lowest BCUT2D eigenvalue weighted by Crippen LogP contribution is -2.25. The quantitative estimate of drug-likeness (QED) is 0.107. The van der Waals surface area contributed by atoms with Crippen LogP contribution in [0.1, 0.15) is 61.8 Å². The largest absolute Gasteiger partial charge is 0.465 e. The van der Waals surface area contributed by atoms with Crippen LogP contribution in [0.25, 0.3) is 11.7 Å². The molecule has 2 aromatic carbocycles. The Kier molecular flexibility index (Phi) is 14.3. The van der Waals surface area contributed by atoms with E-state index in [2.05, 4.69) is 13.5 Å². The van der Waals surface area contributed by atoms with Crippen molar-refractivity contribution < 1.29 is 38.1 Å². The number of rotatable bonds is 17. The molecule has 0 heterocycles. The van der Waals surface area contributed by atoms with Crippen molar-refractivity contribution in [3.63, 3.8) is 0 Å². The van der Waals surface area contributed by atoms with Crippen molar-refractivity contribution in [1.29, 1.82) is 0 Å². The molecular formula is C32H40F2O6.